The quantitative estimate of drug-likeness (QED) is 0.503. The fourth-order valence-electron chi connectivity index (χ4n) is 0. The summed E-state index contributed by atoms with van der Waals surface area (Å²) in [6, 6.07) is 0. The van der Waals surface area contributed by atoms with Gasteiger partial charge in [-0.2, -0.15) is 0 Å². The minimum Gasteiger partial charge on any atom is -1.00 e. The van der Waals surface area contributed by atoms with Crippen LogP contribution < -0.4 is 0 Å². The van der Waals surface area contributed by atoms with Crippen molar-refractivity contribution in [3.63, 3.8) is 0 Å². The zero-order chi connectivity index (χ0) is 0. The van der Waals surface area contributed by atoms with Crippen molar-refractivity contribution in [3.8, 4) is 0 Å². The van der Waals surface area contributed by atoms with E-state index in [0.29, 0.717) is 0 Å². The summed E-state index contributed by atoms with van der Waals surface area (Å²) in [6.07, 6.45) is 0. The molecule has 0 saturated heterocycles. The molecule has 0 aromatic heterocycles. The van der Waals surface area contributed by atoms with Crippen LogP contribution in [0.5, 0.6) is 0 Å². The van der Waals surface area contributed by atoms with Gasteiger partial charge in [0.25, 0.3) is 0 Å². The molecular weight excluding hydrogens is 224 g/mol. The van der Waals surface area contributed by atoms with Crippen molar-refractivity contribution < 1.29 is 56.5 Å². The predicted molar refractivity (Wildman–Crippen MR) is 7.98 cm³/mol. The summed E-state index contributed by atoms with van der Waals surface area (Å²) in [5.74, 6) is 0. The Morgan fingerprint density at radius 2 is 1.25 bits per heavy atom. The van der Waals surface area contributed by atoms with Gasteiger partial charge in [0, 0.05) is 53.6 Å². The molecule has 0 nitrogen and oxygen atoms in total. The third kappa shape index (κ3) is 8.87. The van der Waals surface area contributed by atoms with E-state index in [1.807, 2.05) is 0 Å². The van der Waals surface area contributed by atoms with Crippen molar-refractivity contribution in [2.24, 2.45) is 0 Å². The summed E-state index contributed by atoms with van der Waals surface area (Å²) in [4.78, 5) is 0. The van der Waals surface area contributed by atoms with Crippen LogP contribution in [0.15, 0.2) is 0 Å². The van der Waals surface area contributed by atoms with Gasteiger partial charge in [0.1, 0.15) is 0 Å². The molecule has 0 unspecified atom stereocenters. The van der Waals surface area contributed by atoms with E-state index in [1.165, 1.54) is 0 Å². The van der Waals surface area contributed by atoms with E-state index in [-0.39, 0.29) is 94.2 Å². The summed E-state index contributed by atoms with van der Waals surface area (Å²) in [6.45, 7) is 0. The third-order valence-corrected chi connectivity index (χ3v) is 0. The summed E-state index contributed by atoms with van der Waals surface area (Å²) >= 11 is 0. The second-order valence-corrected chi connectivity index (χ2v) is 0. The van der Waals surface area contributed by atoms with E-state index in [0.717, 1.165) is 0 Å². The summed E-state index contributed by atoms with van der Waals surface area (Å²) in [7, 11) is 0. The van der Waals surface area contributed by atoms with Crippen LogP contribution in [0, 0.1) is 0 Å². The zero-order valence-corrected chi connectivity index (χ0v) is 9.39. The minimum atomic E-state index is 0. The monoisotopic (exact) mass is 224 g/mol. The molecule has 0 aromatic rings. The van der Waals surface area contributed by atoms with E-state index in [2.05, 4.69) is 0 Å². The van der Waals surface area contributed by atoms with Crippen LogP contribution in [0.2, 0.25) is 0 Å². The Bertz CT molecular complexity index is 13.5. The van der Waals surface area contributed by atoms with Crippen LogP contribution in [0.25, 0.3) is 0 Å². The molecule has 0 saturated carbocycles. The van der Waals surface area contributed by atoms with E-state index in [4.69, 9.17) is 0 Å². The Morgan fingerprint density at radius 3 is 1.25 bits per heavy atom. The zero-order valence-electron chi connectivity index (χ0n) is 4.09. The van der Waals surface area contributed by atoms with E-state index < -0.39 is 0 Å². The number of hydrogen-bond acceptors (Lipinski definition) is 0. The van der Waals surface area contributed by atoms with Crippen molar-refractivity contribution in [2.75, 3.05) is 0 Å². The number of hydrogen-bond donors (Lipinski definition) is 0. The molecule has 0 amide bonds. The Labute approximate surface area is 92.5 Å². The first kappa shape index (κ1) is 28.4. The maximum absolute atomic E-state index is 0. The van der Waals surface area contributed by atoms with Crippen molar-refractivity contribution in [1.29, 1.82) is 0 Å². The van der Waals surface area contributed by atoms with E-state index in [1.54, 1.807) is 0 Å². The molecule has 0 atom stereocenters. The van der Waals surface area contributed by atoms with Gasteiger partial charge in [0.15, 0.2) is 0 Å². The molecule has 0 aromatic carbocycles. The van der Waals surface area contributed by atoms with Crippen LogP contribution in [0.4, 0.5) is 0 Å². The summed E-state index contributed by atoms with van der Waals surface area (Å²) in [5.41, 5.74) is 0. The van der Waals surface area contributed by atoms with Crippen LogP contribution in [-0.4, -0.2) is 37.7 Å². The summed E-state index contributed by atoms with van der Waals surface area (Å²) < 4.78 is 0. The topological polar surface area (TPSA) is 0 Å². The van der Waals surface area contributed by atoms with Gasteiger partial charge >= 0.3 is 37.7 Å². The van der Waals surface area contributed by atoms with Gasteiger partial charge in [-0.15, -0.1) is 0 Å². The van der Waals surface area contributed by atoms with Gasteiger partial charge < -0.3 is 2.85 Å². The second-order valence-electron chi connectivity index (χ2n) is 0. The molecule has 0 rings (SSSR count). The molecule has 0 N–H and O–H groups in total. The Kier molecular flexibility index (Phi) is 119. The van der Waals surface area contributed by atoms with E-state index in [9.17, 15) is 0 Å². The smallest absolute Gasteiger partial charge is 1.00 e. The van der Waals surface area contributed by atoms with Gasteiger partial charge in [-0.3, -0.25) is 0 Å². The molecule has 0 aliphatic rings. The average Bonchev–Trinajstić information content (AvgIpc) is 0. The van der Waals surface area contributed by atoms with Crippen molar-refractivity contribution in [3.05, 3.63) is 0 Å². The van der Waals surface area contributed by atoms with Crippen molar-refractivity contribution in [1.82, 2.24) is 0 Å². The maximum Gasteiger partial charge on any atom is 2.00 e. The van der Waals surface area contributed by atoms with Gasteiger partial charge in [0.05, 0.1) is 0 Å². The van der Waals surface area contributed by atoms with Crippen LogP contribution >= 0.6 is 0 Å². The van der Waals surface area contributed by atoms with Gasteiger partial charge in [-0.05, 0) is 0 Å². The largest absolute Gasteiger partial charge is 2.00 e. The third-order valence-electron chi connectivity index (χ3n) is 0. The fraction of sp³-hybridized carbons (Fsp3) is 0. The molecule has 4 heavy (non-hydrogen) atoms. The molecule has 0 spiro atoms. The molecule has 0 fully saturated rings. The first-order valence-electron chi connectivity index (χ1n) is 0. The molecule has 0 aliphatic carbocycles. The van der Waals surface area contributed by atoms with Gasteiger partial charge in [0.2, 0.25) is 0 Å². The molecule has 0 bridgehead atoms. The maximum atomic E-state index is 0. The van der Waals surface area contributed by atoms with E-state index >= 15 is 0 Å². The second kappa shape index (κ2) is 16.8. The van der Waals surface area contributed by atoms with Gasteiger partial charge in [-0.1, -0.05) is 0 Å². The first-order valence-corrected chi connectivity index (χ1v) is 0. The predicted octanol–water partition coefficient (Wildman–Crippen LogP) is -0.163. The van der Waals surface area contributed by atoms with Crippen LogP contribution in [-0.2, 0) is 53.6 Å². The Morgan fingerprint density at radius 1 is 1.25 bits per heavy atom. The van der Waals surface area contributed by atoms with Crippen LogP contribution in [0.3, 0.4) is 0 Å². The van der Waals surface area contributed by atoms with Crippen molar-refractivity contribution in [2.45, 2.75) is 0 Å². The van der Waals surface area contributed by atoms with Gasteiger partial charge in [-0.25, -0.2) is 0 Å². The number of rotatable bonds is 0. The SMILES string of the molecule is [Ca+2].[Cu].[H-].[H-].[Mn].[Zn]. The molecule has 2 radical (unpaired) electrons. The molecule has 0 heterocycles. The molecule has 4 heteroatoms. The normalized spacial score (nSPS) is 0. The summed E-state index contributed by atoms with van der Waals surface area (Å²) in [5, 5.41) is 0. The molecular formula is H2CaCuMnZn. The Hall–Kier alpha value is 2.92. The molecule has 0 aliphatic heterocycles. The van der Waals surface area contributed by atoms with Crippen molar-refractivity contribution >= 4 is 37.7 Å². The Balaban J connectivity index is 0. The average molecular weight is 226 g/mol. The standard InChI is InChI=1S/Ca.Cu.Mn.Zn.2H/q+2;;;;2*-1. The fourth-order valence-corrected chi connectivity index (χ4v) is 0. The van der Waals surface area contributed by atoms with Crippen LogP contribution in [0.1, 0.15) is 2.85 Å². The minimum absolute atomic E-state index is 0. The molecule has 24 valence electrons. The first-order chi connectivity index (χ1) is 0.